The van der Waals surface area contributed by atoms with E-state index in [-0.39, 0.29) is 12.6 Å². The van der Waals surface area contributed by atoms with Crippen molar-refractivity contribution in [3.63, 3.8) is 0 Å². The number of benzene rings is 1. The van der Waals surface area contributed by atoms with Crippen LogP contribution in [0.1, 0.15) is 23.0 Å². The Hall–Kier alpha value is -1.81. The number of ether oxygens (including phenoxy) is 1. The molecule has 1 aromatic heterocycles. The van der Waals surface area contributed by atoms with Crippen LogP contribution in [0.3, 0.4) is 0 Å². The van der Waals surface area contributed by atoms with E-state index >= 15 is 0 Å². The largest absolute Gasteiger partial charge is 0.461 e. The van der Waals surface area contributed by atoms with Gasteiger partial charge in [-0.15, -0.1) is 0 Å². The summed E-state index contributed by atoms with van der Waals surface area (Å²) in [7, 11) is 0. The Bertz CT molecular complexity index is 516. The van der Waals surface area contributed by atoms with E-state index in [1.54, 1.807) is 13.0 Å². The zero-order valence-electron chi connectivity index (χ0n) is 8.99. The van der Waals surface area contributed by atoms with Gasteiger partial charge in [0.1, 0.15) is 5.69 Å². The van der Waals surface area contributed by atoms with Crippen LogP contribution >= 0.6 is 0 Å². The summed E-state index contributed by atoms with van der Waals surface area (Å²) in [5.41, 5.74) is 2.04. The van der Waals surface area contributed by atoms with Crippen molar-refractivity contribution in [2.24, 2.45) is 0 Å². The number of aliphatic hydroxyl groups excluding tert-OH is 1. The molecule has 16 heavy (non-hydrogen) atoms. The van der Waals surface area contributed by atoms with Crippen LogP contribution < -0.4 is 0 Å². The molecule has 0 aliphatic heterocycles. The number of carbonyl (C=O) groups excluding carboxylic acids is 1. The second kappa shape index (κ2) is 4.37. The van der Waals surface area contributed by atoms with Crippen LogP contribution in [0.15, 0.2) is 24.3 Å². The van der Waals surface area contributed by atoms with Crippen molar-refractivity contribution in [1.82, 2.24) is 4.98 Å². The van der Waals surface area contributed by atoms with Gasteiger partial charge in [0.15, 0.2) is 0 Å². The van der Waals surface area contributed by atoms with Crippen LogP contribution in [0, 0.1) is 0 Å². The first-order chi connectivity index (χ1) is 7.76. The predicted octanol–water partition coefficient (Wildman–Crippen LogP) is 1.84. The lowest BCUT2D eigenvalue weighted by atomic mass is 10.1. The molecular formula is C12H13NO3. The van der Waals surface area contributed by atoms with Crippen molar-refractivity contribution in [2.75, 3.05) is 6.61 Å². The van der Waals surface area contributed by atoms with Crippen LogP contribution in [0.2, 0.25) is 0 Å². The number of aliphatic hydroxyl groups is 1. The summed E-state index contributed by atoms with van der Waals surface area (Å²) < 4.78 is 4.90. The van der Waals surface area contributed by atoms with Gasteiger partial charge < -0.3 is 14.8 Å². The van der Waals surface area contributed by atoms with Gasteiger partial charge in [-0.2, -0.15) is 0 Å². The first-order valence-corrected chi connectivity index (χ1v) is 5.15. The SMILES string of the molecule is CCOC(=O)c1cc2c(CO)cccc2[nH]1. The third-order valence-corrected chi connectivity index (χ3v) is 2.42. The standard InChI is InChI=1S/C12H13NO3/c1-2-16-12(15)11-6-9-8(7-14)4-3-5-10(9)13-11/h3-6,13-14H,2,7H2,1H3. The molecule has 0 spiro atoms. The van der Waals surface area contributed by atoms with Crippen molar-refractivity contribution >= 4 is 16.9 Å². The smallest absolute Gasteiger partial charge is 0.354 e. The summed E-state index contributed by atoms with van der Waals surface area (Å²) in [6, 6.07) is 7.22. The zero-order chi connectivity index (χ0) is 11.5. The van der Waals surface area contributed by atoms with Gasteiger partial charge in [-0.05, 0) is 24.6 Å². The molecule has 4 heteroatoms. The van der Waals surface area contributed by atoms with Crippen LogP contribution in [-0.4, -0.2) is 22.7 Å². The number of rotatable bonds is 3. The summed E-state index contributed by atoms with van der Waals surface area (Å²) in [6.07, 6.45) is 0. The van der Waals surface area contributed by atoms with Gasteiger partial charge in [0.05, 0.1) is 13.2 Å². The molecule has 2 rings (SSSR count). The number of aromatic nitrogens is 1. The molecule has 0 bridgehead atoms. The van der Waals surface area contributed by atoms with Gasteiger partial charge >= 0.3 is 5.97 Å². The number of hydrogen-bond donors (Lipinski definition) is 2. The Kier molecular flexibility index (Phi) is 2.92. The highest BCUT2D eigenvalue weighted by Gasteiger charge is 2.11. The molecule has 0 unspecified atom stereocenters. The molecule has 0 saturated heterocycles. The van der Waals surface area contributed by atoms with Crippen LogP contribution in [0.4, 0.5) is 0 Å². The van der Waals surface area contributed by atoms with Gasteiger partial charge in [-0.25, -0.2) is 4.79 Å². The van der Waals surface area contributed by atoms with Gasteiger partial charge in [0.2, 0.25) is 0 Å². The van der Waals surface area contributed by atoms with E-state index in [1.165, 1.54) is 0 Å². The molecule has 2 N–H and O–H groups in total. The van der Waals surface area contributed by atoms with Crippen molar-refractivity contribution < 1.29 is 14.6 Å². The van der Waals surface area contributed by atoms with Gasteiger partial charge in [-0.1, -0.05) is 12.1 Å². The van der Waals surface area contributed by atoms with Crippen LogP contribution in [0.25, 0.3) is 10.9 Å². The molecule has 0 aliphatic rings. The number of esters is 1. The fraction of sp³-hybridized carbons (Fsp3) is 0.250. The fourth-order valence-electron chi connectivity index (χ4n) is 1.67. The summed E-state index contributed by atoms with van der Waals surface area (Å²) in [5, 5.41) is 10.0. The van der Waals surface area contributed by atoms with Crippen molar-refractivity contribution in [2.45, 2.75) is 13.5 Å². The predicted molar refractivity (Wildman–Crippen MR) is 60.2 cm³/mol. The number of aromatic amines is 1. The molecule has 0 fully saturated rings. The van der Waals surface area contributed by atoms with E-state index in [1.807, 2.05) is 18.2 Å². The minimum atomic E-state index is -0.373. The van der Waals surface area contributed by atoms with Gasteiger partial charge in [0.25, 0.3) is 0 Å². The lowest BCUT2D eigenvalue weighted by Gasteiger charge is -1.96. The normalized spacial score (nSPS) is 10.6. The monoisotopic (exact) mass is 219 g/mol. The Labute approximate surface area is 92.9 Å². The first kappa shape index (κ1) is 10.7. The third kappa shape index (κ3) is 1.79. The molecule has 1 aromatic carbocycles. The highest BCUT2D eigenvalue weighted by molar-refractivity contribution is 5.95. The number of nitrogens with one attached hydrogen (secondary N) is 1. The molecule has 0 amide bonds. The Morgan fingerprint density at radius 3 is 3.00 bits per heavy atom. The maximum Gasteiger partial charge on any atom is 0.354 e. The molecule has 0 radical (unpaired) electrons. The lowest BCUT2D eigenvalue weighted by molar-refractivity contribution is 0.0520. The Morgan fingerprint density at radius 2 is 2.31 bits per heavy atom. The van der Waals surface area contributed by atoms with E-state index < -0.39 is 0 Å². The summed E-state index contributed by atoms with van der Waals surface area (Å²) in [5.74, 6) is -0.373. The van der Waals surface area contributed by atoms with Crippen LogP contribution in [0.5, 0.6) is 0 Å². The summed E-state index contributed by atoms with van der Waals surface area (Å²) in [6.45, 7) is 2.07. The highest BCUT2D eigenvalue weighted by atomic mass is 16.5. The Morgan fingerprint density at radius 1 is 1.50 bits per heavy atom. The quantitative estimate of drug-likeness (QED) is 0.774. The average Bonchev–Trinajstić information content (AvgIpc) is 2.72. The van der Waals surface area contributed by atoms with Crippen LogP contribution in [-0.2, 0) is 11.3 Å². The maximum atomic E-state index is 11.5. The van der Waals surface area contributed by atoms with Gasteiger partial charge in [0, 0.05) is 10.9 Å². The second-order valence-electron chi connectivity index (χ2n) is 3.44. The average molecular weight is 219 g/mol. The van der Waals surface area contributed by atoms with E-state index in [2.05, 4.69) is 4.98 Å². The van der Waals surface area contributed by atoms with Crippen molar-refractivity contribution in [1.29, 1.82) is 0 Å². The van der Waals surface area contributed by atoms with E-state index in [0.717, 1.165) is 16.5 Å². The highest BCUT2D eigenvalue weighted by Crippen LogP contribution is 2.20. The van der Waals surface area contributed by atoms with E-state index in [9.17, 15) is 4.79 Å². The summed E-state index contributed by atoms with van der Waals surface area (Å²) in [4.78, 5) is 14.5. The lowest BCUT2D eigenvalue weighted by Crippen LogP contribution is -2.04. The Balaban J connectivity index is 2.47. The fourth-order valence-corrected chi connectivity index (χ4v) is 1.67. The number of fused-ring (bicyclic) bond motifs is 1. The minimum Gasteiger partial charge on any atom is -0.461 e. The number of hydrogen-bond acceptors (Lipinski definition) is 3. The zero-order valence-corrected chi connectivity index (χ0v) is 8.99. The molecule has 1 heterocycles. The maximum absolute atomic E-state index is 11.5. The van der Waals surface area contributed by atoms with Crippen molar-refractivity contribution in [3.05, 3.63) is 35.5 Å². The van der Waals surface area contributed by atoms with Gasteiger partial charge in [-0.3, -0.25) is 0 Å². The third-order valence-electron chi connectivity index (χ3n) is 2.42. The molecule has 0 aliphatic carbocycles. The summed E-state index contributed by atoms with van der Waals surface area (Å²) >= 11 is 0. The van der Waals surface area contributed by atoms with E-state index in [4.69, 9.17) is 9.84 Å². The number of H-pyrrole nitrogens is 1. The molecular weight excluding hydrogens is 206 g/mol. The van der Waals surface area contributed by atoms with E-state index in [0.29, 0.717) is 12.3 Å². The second-order valence-corrected chi connectivity index (χ2v) is 3.44. The number of carbonyl (C=O) groups is 1. The molecule has 84 valence electrons. The molecule has 0 atom stereocenters. The molecule has 0 saturated carbocycles. The minimum absolute atomic E-state index is 0.0442. The molecule has 2 aromatic rings. The molecule has 4 nitrogen and oxygen atoms in total. The van der Waals surface area contributed by atoms with Crippen molar-refractivity contribution in [3.8, 4) is 0 Å². The topological polar surface area (TPSA) is 62.3 Å². The first-order valence-electron chi connectivity index (χ1n) is 5.15.